The van der Waals surface area contributed by atoms with Gasteiger partial charge in [0.2, 0.25) is 0 Å². The number of carbonyl (C=O) groups excluding carboxylic acids is 1. The second-order valence-corrected chi connectivity index (χ2v) is 2.74. The SMILES string of the molecule is CC(C=O)c1ccccc1.CCN. The fourth-order valence-corrected chi connectivity index (χ4v) is 0.835. The van der Waals surface area contributed by atoms with Gasteiger partial charge in [0.25, 0.3) is 0 Å². The quantitative estimate of drug-likeness (QED) is 0.705. The molecular formula is C11H17NO. The van der Waals surface area contributed by atoms with E-state index in [0.717, 1.165) is 18.4 Å². The zero-order valence-electron chi connectivity index (χ0n) is 8.23. The zero-order chi connectivity index (χ0) is 10.1. The van der Waals surface area contributed by atoms with E-state index in [1.165, 1.54) is 0 Å². The summed E-state index contributed by atoms with van der Waals surface area (Å²) in [6.45, 7) is 4.54. The highest BCUT2D eigenvalue weighted by Gasteiger charge is 1.99. The lowest BCUT2D eigenvalue weighted by Gasteiger charge is -2.00. The van der Waals surface area contributed by atoms with Gasteiger partial charge in [0.05, 0.1) is 0 Å². The van der Waals surface area contributed by atoms with Crippen molar-refractivity contribution in [3.8, 4) is 0 Å². The third-order valence-electron chi connectivity index (χ3n) is 1.53. The molecule has 0 aliphatic carbocycles. The minimum Gasteiger partial charge on any atom is -0.331 e. The Morgan fingerprint density at radius 1 is 1.38 bits per heavy atom. The van der Waals surface area contributed by atoms with E-state index in [4.69, 9.17) is 5.73 Å². The highest BCUT2D eigenvalue weighted by atomic mass is 16.1. The lowest BCUT2D eigenvalue weighted by Crippen LogP contribution is -1.92. The molecule has 0 fully saturated rings. The van der Waals surface area contributed by atoms with Crippen LogP contribution in [0.3, 0.4) is 0 Å². The third-order valence-corrected chi connectivity index (χ3v) is 1.53. The van der Waals surface area contributed by atoms with Gasteiger partial charge in [-0.3, -0.25) is 0 Å². The summed E-state index contributed by atoms with van der Waals surface area (Å²) in [6, 6.07) is 9.74. The van der Waals surface area contributed by atoms with Gasteiger partial charge in [-0.05, 0) is 12.1 Å². The van der Waals surface area contributed by atoms with E-state index in [0.29, 0.717) is 0 Å². The average molecular weight is 179 g/mol. The molecule has 0 aromatic heterocycles. The van der Waals surface area contributed by atoms with Crippen LogP contribution in [-0.4, -0.2) is 12.8 Å². The van der Waals surface area contributed by atoms with E-state index in [9.17, 15) is 4.79 Å². The van der Waals surface area contributed by atoms with Gasteiger partial charge in [-0.15, -0.1) is 0 Å². The summed E-state index contributed by atoms with van der Waals surface area (Å²) >= 11 is 0. The molecule has 2 heteroatoms. The number of nitrogens with two attached hydrogens (primary N) is 1. The largest absolute Gasteiger partial charge is 0.331 e. The van der Waals surface area contributed by atoms with Gasteiger partial charge >= 0.3 is 0 Å². The minimum absolute atomic E-state index is 0.0289. The van der Waals surface area contributed by atoms with E-state index in [-0.39, 0.29) is 5.92 Å². The first-order valence-corrected chi connectivity index (χ1v) is 4.46. The van der Waals surface area contributed by atoms with Crippen molar-refractivity contribution in [3.05, 3.63) is 35.9 Å². The maximum atomic E-state index is 10.3. The second-order valence-electron chi connectivity index (χ2n) is 2.74. The first-order chi connectivity index (χ1) is 6.26. The van der Waals surface area contributed by atoms with Gasteiger partial charge < -0.3 is 10.5 Å². The van der Waals surface area contributed by atoms with Crippen molar-refractivity contribution in [3.63, 3.8) is 0 Å². The maximum absolute atomic E-state index is 10.3. The molecule has 0 bridgehead atoms. The molecule has 1 unspecified atom stereocenters. The molecule has 0 saturated carbocycles. The Labute approximate surface area is 79.8 Å². The van der Waals surface area contributed by atoms with Crippen LogP contribution >= 0.6 is 0 Å². The molecule has 13 heavy (non-hydrogen) atoms. The molecule has 0 heterocycles. The first kappa shape index (κ1) is 11.8. The Balaban J connectivity index is 0.000000424. The van der Waals surface area contributed by atoms with Gasteiger partial charge in [-0.25, -0.2) is 0 Å². The van der Waals surface area contributed by atoms with Crippen LogP contribution in [0, 0.1) is 0 Å². The summed E-state index contributed by atoms with van der Waals surface area (Å²) < 4.78 is 0. The molecule has 1 atom stereocenters. The zero-order valence-corrected chi connectivity index (χ0v) is 8.23. The number of carbonyl (C=O) groups is 1. The summed E-state index contributed by atoms with van der Waals surface area (Å²) in [7, 11) is 0. The third kappa shape index (κ3) is 5.15. The molecule has 72 valence electrons. The van der Waals surface area contributed by atoms with E-state index in [1.54, 1.807) is 0 Å². The Morgan fingerprint density at radius 3 is 2.23 bits per heavy atom. The van der Waals surface area contributed by atoms with Crippen molar-refractivity contribution in [2.24, 2.45) is 5.73 Å². The Kier molecular flexibility index (Phi) is 6.83. The molecule has 1 aromatic carbocycles. The molecular weight excluding hydrogens is 162 g/mol. The van der Waals surface area contributed by atoms with Gasteiger partial charge in [0, 0.05) is 5.92 Å². The normalized spacial score (nSPS) is 11.0. The standard InChI is InChI=1S/C9H10O.C2H7N/c1-8(7-10)9-5-3-2-4-6-9;1-2-3/h2-8H,1H3;2-3H2,1H3. The molecule has 0 spiro atoms. The molecule has 0 radical (unpaired) electrons. The number of hydrogen-bond acceptors (Lipinski definition) is 2. The predicted octanol–water partition coefficient (Wildman–Crippen LogP) is 1.95. The maximum Gasteiger partial charge on any atom is 0.127 e. The first-order valence-electron chi connectivity index (χ1n) is 4.46. The van der Waals surface area contributed by atoms with Crippen LogP contribution in [-0.2, 0) is 4.79 Å². The van der Waals surface area contributed by atoms with Crippen molar-refractivity contribution < 1.29 is 4.79 Å². The highest BCUT2D eigenvalue weighted by Crippen LogP contribution is 2.10. The van der Waals surface area contributed by atoms with Crippen LogP contribution < -0.4 is 5.73 Å². The van der Waals surface area contributed by atoms with E-state index < -0.39 is 0 Å². The molecule has 0 amide bonds. The van der Waals surface area contributed by atoms with Crippen molar-refractivity contribution >= 4 is 6.29 Å². The summed E-state index contributed by atoms with van der Waals surface area (Å²) in [6.07, 6.45) is 0.954. The Bertz CT molecular complexity index is 221. The topological polar surface area (TPSA) is 43.1 Å². The number of aldehydes is 1. The fourth-order valence-electron chi connectivity index (χ4n) is 0.835. The minimum atomic E-state index is 0.0289. The van der Waals surface area contributed by atoms with E-state index in [2.05, 4.69) is 0 Å². The van der Waals surface area contributed by atoms with Crippen molar-refractivity contribution in [2.75, 3.05) is 6.54 Å². The van der Waals surface area contributed by atoms with Crippen molar-refractivity contribution in [2.45, 2.75) is 19.8 Å². The number of hydrogen-bond donors (Lipinski definition) is 1. The molecule has 0 saturated heterocycles. The predicted molar refractivity (Wildman–Crippen MR) is 55.6 cm³/mol. The van der Waals surface area contributed by atoms with Crippen LogP contribution in [0.15, 0.2) is 30.3 Å². The molecule has 2 nitrogen and oxygen atoms in total. The summed E-state index contributed by atoms with van der Waals surface area (Å²) in [5.74, 6) is 0.0289. The summed E-state index contributed by atoms with van der Waals surface area (Å²) in [5, 5.41) is 0. The smallest absolute Gasteiger partial charge is 0.127 e. The Morgan fingerprint density at radius 2 is 1.85 bits per heavy atom. The van der Waals surface area contributed by atoms with Gasteiger partial charge in [-0.1, -0.05) is 44.2 Å². The van der Waals surface area contributed by atoms with Gasteiger partial charge in [-0.2, -0.15) is 0 Å². The average Bonchev–Trinajstić information content (AvgIpc) is 2.19. The molecule has 1 rings (SSSR count). The summed E-state index contributed by atoms with van der Waals surface area (Å²) in [4.78, 5) is 10.3. The molecule has 1 aromatic rings. The van der Waals surface area contributed by atoms with Crippen molar-refractivity contribution in [1.82, 2.24) is 0 Å². The molecule has 0 aliphatic heterocycles. The van der Waals surface area contributed by atoms with E-state index in [1.807, 2.05) is 44.2 Å². The number of rotatable bonds is 2. The fraction of sp³-hybridized carbons (Fsp3) is 0.364. The monoisotopic (exact) mass is 179 g/mol. The Hall–Kier alpha value is -1.15. The van der Waals surface area contributed by atoms with Crippen LogP contribution in [0.1, 0.15) is 25.3 Å². The van der Waals surface area contributed by atoms with Crippen LogP contribution in [0.4, 0.5) is 0 Å². The van der Waals surface area contributed by atoms with Crippen LogP contribution in [0.25, 0.3) is 0 Å². The highest BCUT2D eigenvalue weighted by molar-refractivity contribution is 5.61. The van der Waals surface area contributed by atoms with Crippen LogP contribution in [0.5, 0.6) is 0 Å². The van der Waals surface area contributed by atoms with Gasteiger partial charge in [0.15, 0.2) is 0 Å². The molecule has 2 N–H and O–H groups in total. The van der Waals surface area contributed by atoms with Crippen LogP contribution in [0.2, 0.25) is 0 Å². The lowest BCUT2D eigenvalue weighted by molar-refractivity contribution is -0.108. The second kappa shape index (κ2) is 7.50. The van der Waals surface area contributed by atoms with Crippen molar-refractivity contribution in [1.29, 1.82) is 0 Å². The van der Waals surface area contributed by atoms with E-state index >= 15 is 0 Å². The summed E-state index contributed by atoms with van der Waals surface area (Å²) in [5.41, 5.74) is 5.93. The number of benzene rings is 1. The molecule has 0 aliphatic rings. The lowest BCUT2D eigenvalue weighted by atomic mass is 10.0. The van der Waals surface area contributed by atoms with Gasteiger partial charge in [0.1, 0.15) is 6.29 Å².